The third kappa shape index (κ3) is 10.4. The second kappa shape index (κ2) is 13.4. The molecular weight excluding hydrogens is 520 g/mol. The molecule has 0 saturated carbocycles. The first-order valence-corrected chi connectivity index (χ1v) is 12.1. The van der Waals surface area contributed by atoms with Gasteiger partial charge in [0.1, 0.15) is 5.82 Å². The van der Waals surface area contributed by atoms with E-state index in [0.717, 1.165) is 45.7 Å². The van der Waals surface area contributed by atoms with Crippen molar-refractivity contribution in [2.75, 3.05) is 59.6 Å². The first-order valence-electron chi connectivity index (χ1n) is 10.1. The van der Waals surface area contributed by atoms with E-state index in [2.05, 4.69) is 32.5 Å². The summed E-state index contributed by atoms with van der Waals surface area (Å²) in [4.78, 5) is 9.06. The van der Waals surface area contributed by atoms with Crippen LogP contribution in [0, 0.1) is 5.82 Å². The number of benzene rings is 1. The zero-order valence-electron chi connectivity index (χ0n) is 18.2. The largest absolute Gasteiger partial charge is 0.356 e. The molecule has 0 bridgehead atoms. The Kier molecular flexibility index (Phi) is 12.1. The molecule has 1 saturated heterocycles. The van der Waals surface area contributed by atoms with Crippen LogP contribution in [0.15, 0.2) is 23.2 Å². The fourth-order valence-corrected chi connectivity index (χ4v) is 4.26. The quantitative estimate of drug-likeness (QED) is 0.220. The number of likely N-dealkylation sites (N-methyl/N-ethyl adjacent to an activating group) is 1. The van der Waals surface area contributed by atoms with Gasteiger partial charge in [-0.3, -0.25) is 4.99 Å². The maximum atomic E-state index is 13.6. The molecule has 7 nitrogen and oxygen atoms in total. The van der Waals surface area contributed by atoms with Crippen LogP contribution >= 0.6 is 24.0 Å². The highest BCUT2D eigenvalue weighted by molar-refractivity contribution is 14.0. The van der Waals surface area contributed by atoms with Gasteiger partial charge in [-0.05, 0) is 62.8 Å². The van der Waals surface area contributed by atoms with Crippen LogP contribution in [-0.4, -0.2) is 83.8 Å². The Bertz CT molecular complexity index is 791. The highest BCUT2D eigenvalue weighted by Gasteiger charge is 2.12. The van der Waals surface area contributed by atoms with E-state index in [0.29, 0.717) is 23.6 Å². The zero-order valence-corrected chi connectivity index (χ0v) is 21.3. The molecule has 1 heterocycles. The predicted octanol–water partition coefficient (Wildman–Crippen LogP) is 1.68. The average molecular weight is 556 g/mol. The topological polar surface area (TPSA) is 77.0 Å². The number of hydrogen-bond donors (Lipinski definition) is 2. The van der Waals surface area contributed by atoms with Crippen molar-refractivity contribution in [3.63, 3.8) is 0 Å². The molecule has 1 aromatic carbocycles. The summed E-state index contributed by atoms with van der Waals surface area (Å²) in [5.74, 6) is 0.127. The van der Waals surface area contributed by atoms with E-state index in [1.165, 1.54) is 30.9 Å². The van der Waals surface area contributed by atoms with Gasteiger partial charge in [0.15, 0.2) is 15.8 Å². The summed E-state index contributed by atoms with van der Waals surface area (Å²) in [6.07, 6.45) is 3.39. The molecule has 0 atom stereocenters. The molecule has 1 aliphatic heterocycles. The van der Waals surface area contributed by atoms with Crippen LogP contribution in [0.25, 0.3) is 0 Å². The lowest BCUT2D eigenvalue weighted by Crippen LogP contribution is -2.39. The normalized spacial score (nSPS) is 16.6. The lowest BCUT2D eigenvalue weighted by molar-refractivity contribution is 0.274. The summed E-state index contributed by atoms with van der Waals surface area (Å²) in [7, 11) is 0.656. The van der Waals surface area contributed by atoms with Gasteiger partial charge in [0.2, 0.25) is 0 Å². The van der Waals surface area contributed by atoms with Crippen molar-refractivity contribution in [2.24, 2.45) is 4.99 Å². The van der Waals surface area contributed by atoms with Crippen molar-refractivity contribution in [1.29, 1.82) is 0 Å². The maximum Gasteiger partial charge on any atom is 0.191 e. The third-order valence-electron chi connectivity index (χ3n) is 5.01. The first-order chi connectivity index (χ1) is 13.8. The van der Waals surface area contributed by atoms with E-state index in [1.807, 2.05) is 0 Å². The molecule has 0 unspecified atom stereocenters. The molecule has 0 spiro atoms. The molecule has 1 fully saturated rings. The van der Waals surface area contributed by atoms with Gasteiger partial charge >= 0.3 is 0 Å². The molecule has 30 heavy (non-hydrogen) atoms. The number of aliphatic imine (C=N–C) groups is 1. The molecule has 10 heteroatoms. The molecule has 0 amide bonds. The van der Waals surface area contributed by atoms with Crippen molar-refractivity contribution < 1.29 is 12.8 Å². The SMILES string of the molecule is CN=C(NCCCN1CCCN(C)CC1)NCc1cc(F)ccc1CS(C)(=O)=O.I. The molecular formula is C20H35FIN5O2S. The molecule has 1 aromatic rings. The molecule has 0 aromatic heterocycles. The summed E-state index contributed by atoms with van der Waals surface area (Å²) in [5.41, 5.74) is 1.22. The third-order valence-corrected chi connectivity index (χ3v) is 5.85. The van der Waals surface area contributed by atoms with E-state index >= 15 is 0 Å². The second-order valence-corrected chi connectivity index (χ2v) is 9.83. The maximum absolute atomic E-state index is 13.6. The van der Waals surface area contributed by atoms with Crippen LogP contribution < -0.4 is 10.6 Å². The Hall–Kier alpha value is -0.980. The van der Waals surface area contributed by atoms with Crippen molar-refractivity contribution in [3.05, 3.63) is 35.1 Å². The minimum Gasteiger partial charge on any atom is -0.356 e. The number of sulfone groups is 1. The average Bonchev–Trinajstić information content (AvgIpc) is 2.86. The number of nitrogens with zero attached hydrogens (tertiary/aromatic N) is 3. The van der Waals surface area contributed by atoms with Crippen LogP contribution in [-0.2, 0) is 22.1 Å². The molecule has 1 aliphatic rings. The Labute approximate surface area is 197 Å². The minimum atomic E-state index is -3.19. The minimum absolute atomic E-state index is 0. The second-order valence-electron chi connectivity index (χ2n) is 7.69. The van der Waals surface area contributed by atoms with Gasteiger partial charge in [0.25, 0.3) is 0 Å². The number of guanidine groups is 1. The number of hydrogen-bond acceptors (Lipinski definition) is 5. The number of nitrogens with one attached hydrogen (secondary N) is 2. The van der Waals surface area contributed by atoms with Crippen LogP contribution in [0.4, 0.5) is 4.39 Å². The van der Waals surface area contributed by atoms with Crippen molar-refractivity contribution in [2.45, 2.75) is 25.1 Å². The smallest absolute Gasteiger partial charge is 0.191 e. The summed E-state index contributed by atoms with van der Waals surface area (Å²) in [6.45, 7) is 6.64. The van der Waals surface area contributed by atoms with Gasteiger partial charge in [-0.2, -0.15) is 0 Å². The summed E-state index contributed by atoms with van der Waals surface area (Å²) >= 11 is 0. The Morgan fingerprint density at radius 1 is 1.17 bits per heavy atom. The molecule has 2 N–H and O–H groups in total. The highest BCUT2D eigenvalue weighted by atomic mass is 127. The van der Waals surface area contributed by atoms with Crippen LogP contribution in [0.3, 0.4) is 0 Å². The van der Waals surface area contributed by atoms with E-state index in [9.17, 15) is 12.8 Å². The molecule has 0 radical (unpaired) electrons. The van der Waals surface area contributed by atoms with E-state index in [1.54, 1.807) is 7.05 Å². The van der Waals surface area contributed by atoms with Gasteiger partial charge in [0.05, 0.1) is 5.75 Å². The van der Waals surface area contributed by atoms with Crippen molar-refractivity contribution >= 4 is 39.8 Å². The lowest BCUT2D eigenvalue weighted by Gasteiger charge is -2.20. The van der Waals surface area contributed by atoms with Crippen LogP contribution in [0.5, 0.6) is 0 Å². The monoisotopic (exact) mass is 555 g/mol. The summed E-state index contributed by atoms with van der Waals surface area (Å²) < 4.78 is 36.9. The fourth-order valence-electron chi connectivity index (χ4n) is 3.41. The standard InChI is InChI=1S/C20H34FN5O2S.HI/c1-22-20(23-8-4-10-26-11-5-9-25(2)12-13-26)24-15-18-14-19(21)7-6-17(18)16-29(3,27)28;/h6-7,14H,4-5,8-13,15-16H2,1-3H3,(H2,22,23,24);1H. The number of rotatable bonds is 8. The number of halogens is 2. The predicted molar refractivity (Wildman–Crippen MR) is 132 cm³/mol. The van der Waals surface area contributed by atoms with E-state index < -0.39 is 9.84 Å². The zero-order chi connectivity index (χ0) is 21.3. The lowest BCUT2D eigenvalue weighted by atomic mass is 10.1. The molecule has 0 aliphatic carbocycles. The molecule has 172 valence electrons. The highest BCUT2D eigenvalue weighted by Crippen LogP contribution is 2.14. The van der Waals surface area contributed by atoms with Crippen LogP contribution in [0.1, 0.15) is 24.0 Å². The molecule has 2 rings (SSSR count). The van der Waals surface area contributed by atoms with Gasteiger partial charge in [-0.25, -0.2) is 12.8 Å². The van der Waals surface area contributed by atoms with E-state index in [4.69, 9.17) is 0 Å². The Balaban J connectivity index is 0.00000450. The summed E-state index contributed by atoms with van der Waals surface area (Å²) in [6, 6.07) is 4.19. The fraction of sp³-hybridized carbons (Fsp3) is 0.650. The first kappa shape index (κ1) is 27.1. The Morgan fingerprint density at radius 2 is 1.93 bits per heavy atom. The Morgan fingerprint density at radius 3 is 2.63 bits per heavy atom. The van der Waals surface area contributed by atoms with Gasteiger partial charge in [0, 0.05) is 39.5 Å². The van der Waals surface area contributed by atoms with Gasteiger partial charge in [-0.15, -0.1) is 24.0 Å². The van der Waals surface area contributed by atoms with Gasteiger partial charge < -0.3 is 20.4 Å². The van der Waals surface area contributed by atoms with E-state index in [-0.39, 0.29) is 35.5 Å². The van der Waals surface area contributed by atoms with Crippen LogP contribution in [0.2, 0.25) is 0 Å². The van der Waals surface area contributed by atoms with Gasteiger partial charge in [-0.1, -0.05) is 6.07 Å². The van der Waals surface area contributed by atoms with Crippen molar-refractivity contribution in [3.8, 4) is 0 Å². The summed E-state index contributed by atoms with van der Waals surface area (Å²) in [5, 5.41) is 6.43. The van der Waals surface area contributed by atoms with Crippen molar-refractivity contribution in [1.82, 2.24) is 20.4 Å².